The Bertz CT molecular complexity index is 618. The Hall–Kier alpha value is -2.34. The van der Waals surface area contributed by atoms with Gasteiger partial charge in [-0.25, -0.2) is 4.98 Å². The molecule has 0 spiro atoms. The molecule has 6 nitrogen and oxygen atoms in total. The molecule has 2 aromatic rings. The molecule has 7 heteroatoms. The van der Waals surface area contributed by atoms with Crippen LogP contribution in [-0.4, -0.2) is 15.9 Å². The second-order valence-corrected chi connectivity index (χ2v) is 4.02. The molecular weight excluding hydrogens is 268 g/mol. The third kappa shape index (κ3) is 3.32. The lowest BCUT2D eigenvalue weighted by Gasteiger charge is -2.11. The Morgan fingerprint density at radius 2 is 2.16 bits per heavy atom. The van der Waals surface area contributed by atoms with E-state index in [-0.39, 0.29) is 22.8 Å². The van der Waals surface area contributed by atoms with E-state index in [0.29, 0.717) is 11.4 Å². The molecule has 19 heavy (non-hydrogen) atoms. The zero-order chi connectivity index (χ0) is 13.8. The Balaban J connectivity index is 2.32. The zero-order valence-electron chi connectivity index (χ0n) is 10.1. The molecule has 0 aliphatic rings. The van der Waals surface area contributed by atoms with Crippen LogP contribution in [0.15, 0.2) is 30.5 Å². The van der Waals surface area contributed by atoms with Crippen molar-refractivity contribution in [3.05, 3.63) is 35.7 Å². The highest BCUT2D eigenvalue weighted by Gasteiger charge is 2.10. The summed E-state index contributed by atoms with van der Waals surface area (Å²) in [5.41, 5.74) is 6.46. The maximum atomic E-state index is 11.1. The number of rotatable bonds is 3. The van der Waals surface area contributed by atoms with Gasteiger partial charge in [-0.1, -0.05) is 12.1 Å². The molecular formula is C12H11ClN4O2. The molecule has 0 atom stereocenters. The van der Waals surface area contributed by atoms with E-state index < -0.39 is 0 Å². The van der Waals surface area contributed by atoms with E-state index in [1.165, 1.54) is 13.1 Å². The smallest absolute Gasteiger partial charge is 0.247 e. The number of para-hydroxylation sites is 2. The van der Waals surface area contributed by atoms with Crippen molar-refractivity contribution in [3.8, 4) is 11.6 Å². The second-order valence-electron chi connectivity index (χ2n) is 3.68. The van der Waals surface area contributed by atoms with Crippen molar-refractivity contribution in [1.29, 1.82) is 0 Å². The van der Waals surface area contributed by atoms with Crippen molar-refractivity contribution in [3.63, 3.8) is 0 Å². The van der Waals surface area contributed by atoms with Gasteiger partial charge in [0.2, 0.25) is 17.1 Å². The Morgan fingerprint density at radius 3 is 2.89 bits per heavy atom. The number of carbonyl (C=O) groups is 1. The normalized spacial score (nSPS) is 10.0. The lowest BCUT2D eigenvalue weighted by molar-refractivity contribution is -0.114. The van der Waals surface area contributed by atoms with E-state index in [0.717, 1.165) is 0 Å². The van der Waals surface area contributed by atoms with Gasteiger partial charge in [-0.15, -0.1) is 0 Å². The number of carbonyl (C=O) groups excluding carboxylic acids is 1. The number of nitrogens with two attached hydrogens (primary N) is 1. The average molecular weight is 279 g/mol. The molecule has 98 valence electrons. The molecule has 2 rings (SSSR count). The number of aromatic nitrogens is 2. The summed E-state index contributed by atoms with van der Waals surface area (Å²) in [6, 6.07) is 6.92. The molecule has 0 radical (unpaired) electrons. The molecule has 0 bridgehead atoms. The standard InChI is InChI=1S/C12H11ClN4O2/c1-7(18)16-9-4-2-3-5-10(9)19-11-8(14)6-15-12(13)17-11/h2-6H,14H2,1H3,(H,16,18). The summed E-state index contributed by atoms with van der Waals surface area (Å²) in [4.78, 5) is 18.7. The highest BCUT2D eigenvalue weighted by molar-refractivity contribution is 6.28. The molecule has 3 N–H and O–H groups in total. The van der Waals surface area contributed by atoms with E-state index in [9.17, 15) is 4.79 Å². The van der Waals surface area contributed by atoms with Crippen LogP contribution in [0.1, 0.15) is 6.92 Å². The fourth-order valence-corrected chi connectivity index (χ4v) is 1.52. The van der Waals surface area contributed by atoms with Gasteiger partial charge >= 0.3 is 0 Å². The predicted octanol–water partition coefficient (Wildman–Crippen LogP) is 2.46. The topological polar surface area (TPSA) is 90.1 Å². The van der Waals surface area contributed by atoms with Crippen LogP contribution in [0.5, 0.6) is 11.6 Å². The largest absolute Gasteiger partial charge is 0.435 e. The van der Waals surface area contributed by atoms with Gasteiger partial charge in [0.25, 0.3) is 0 Å². The molecule has 0 saturated carbocycles. The summed E-state index contributed by atoms with van der Waals surface area (Å²) in [6.45, 7) is 1.41. The highest BCUT2D eigenvalue weighted by atomic mass is 35.5. The summed E-state index contributed by atoms with van der Waals surface area (Å²) in [6.07, 6.45) is 1.35. The molecule has 0 fully saturated rings. The minimum absolute atomic E-state index is 0.0289. The third-order valence-corrected chi connectivity index (χ3v) is 2.34. The first-order valence-corrected chi connectivity index (χ1v) is 5.76. The van der Waals surface area contributed by atoms with Crippen LogP contribution in [0.3, 0.4) is 0 Å². The van der Waals surface area contributed by atoms with Crippen LogP contribution in [0, 0.1) is 0 Å². The van der Waals surface area contributed by atoms with Crippen LogP contribution < -0.4 is 15.8 Å². The van der Waals surface area contributed by atoms with Crippen LogP contribution in [-0.2, 0) is 4.79 Å². The van der Waals surface area contributed by atoms with E-state index in [1.54, 1.807) is 24.3 Å². The van der Waals surface area contributed by atoms with Crippen LogP contribution in [0.2, 0.25) is 5.28 Å². The SMILES string of the molecule is CC(=O)Nc1ccccc1Oc1nc(Cl)ncc1N. The van der Waals surface area contributed by atoms with Crippen LogP contribution in [0.25, 0.3) is 0 Å². The van der Waals surface area contributed by atoms with E-state index in [4.69, 9.17) is 22.1 Å². The maximum Gasteiger partial charge on any atom is 0.247 e. The van der Waals surface area contributed by atoms with Crippen molar-refractivity contribution >= 4 is 28.9 Å². The van der Waals surface area contributed by atoms with Gasteiger partial charge in [0.15, 0.2) is 5.75 Å². The lowest BCUT2D eigenvalue weighted by atomic mass is 10.3. The summed E-state index contributed by atoms with van der Waals surface area (Å²) in [5, 5.41) is 2.68. The van der Waals surface area contributed by atoms with Crippen molar-refractivity contribution in [2.24, 2.45) is 0 Å². The number of ether oxygens (including phenoxy) is 1. The molecule has 1 aromatic carbocycles. The minimum atomic E-state index is -0.204. The summed E-state index contributed by atoms with van der Waals surface area (Å²) >= 11 is 5.68. The number of anilines is 2. The molecule has 1 aromatic heterocycles. The lowest BCUT2D eigenvalue weighted by Crippen LogP contribution is -2.07. The monoisotopic (exact) mass is 278 g/mol. The van der Waals surface area contributed by atoms with Crippen LogP contribution in [0.4, 0.5) is 11.4 Å². The summed E-state index contributed by atoms with van der Waals surface area (Å²) in [7, 11) is 0. The number of nitrogen functional groups attached to an aromatic ring is 1. The Kier molecular flexibility index (Phi) is 3.82. The summed E-state index contributed by atoms with van der Waals surface area (Å²) in [5.74, 6) is 0.349. The van der Waals surface area contributed by atoms with Crippen LogP contribution >= 0.6 is 11.6 Å². The minimum Gasteiger partial charge on any atom is -0.435 e. The molecule has 0 unspecified atom stereocenters. The third-order valence-electron chi connectivity index (χ3n) is 2.16. The van der Waals surface area contributed by atoms with E-state index in [2.05, 4.69) is 15.3 Å². The number of halogens is 1. The first kappa shape index (κ1) is 13.1. The second kappa shape index (κ2) is 5.53. The first-order chi connectivity index (χ1) is 9.06. The van der Waals surface area contributed by atoms with Gasteiger partial charge in [0.05, 0.1) is 11.9 Å². The Labute approximate surface area is 114 Å². The molecule has 1 heterocycles. The number of nitrogens with one attached hydrogen (secondary N) is 1. The molecule has 0 aliphatic carbocycles. The maximum absolute atomic E-state index is 11.1. The molecule has 0 aliphatic heterocycles. The number of nitrogens with zero attached hydrogens (tertiary/aromatic N) is 2. The number of hydrogen-bond acceptors (Lipinski definition) is 5. The molecule has 1 amide bonds. The van der Waals surface area contributed by atoms with Gasteiger partial charge in [0, 0.05) is 6.92 Å². The van der Waals surface area contributed by atoms with Crippen molar-refractivity contribution in [1.82, 2.24) is 9.97 Å². The van der Waals surface area contributed by atoms with Gasteiger partial charge in [-0.3, -0.25) is 4.79 Å². The number of hydrogen-bond donors (Lipinski definition) is 2. The average Bonchev–Trinajstić information content (AvgIpc) is 2.35. The van der Waals surface area contributed by atoms with Gasteiger partial charge in [-0.05, 0) is 23.7 Å². The number of amides is 1. The van der Waals surface area contributed by atoms with Crippen molar-refractivity contribution < 1.29 is 9.53 Å². The highest BCUT2D eigenvalue weighted by Crippen LogP contribution is 2.31. The fraction of sp³-hybridized carbons (Fsp3) is 0.0833. The fourth-order valence-electron chi connectivity index (χ4n) is 1.39. The quantitative estimate of drug-likeness (QED) is 0.842. The zero-order valence-corrected chi connectivity index (χ0v) is 10.8. The van der Waals surface area contributed by atoms with Crippen molar-refractivity contribution in [2.75, 3.05) is 11.1 Å². The van der Waals surface area contributed by atoms with Crippen molar-refractivity contribution in [2.45, 2.75) is 6.92 Å². The van der Waals surface area contributed by atoms with E-state index in [1.807, 2.05) is 0 Å². The summed E-state index contributed by atoms with van der Waals surface area (Å²) < 4.78 is 5.55. The molecule has 0 saturated heterocycles. The first-order valence-electron chi connectivity index (χ1n) is 5.39. The van der Waals surface area contributed by atoms with Gasteiger partial charge in [-0.2, -0.15) is 4.98 Å². The predicted molar refractivity (Wildman–Crippen MR) is 72.3 cm³/mol. The van der Waals surface area contributed by atoms with Gasteiger partial charge < -0.3 is 15.8 Å². The Morgan fingerprint density at radius 1 is 1.42 bits per heavy atom. The van der Waals surface area contributed by atoms with Gasteiger partial charge in [0.1, 0.15) is 5.69 Å². The van der Waals surface area contributed by atoms with E-state index >= 15 is 0 Å². The number of benzene rings is 1.